The van der Waals surface area contributed by atoms with E-state index in [2.05, 4.69) is 10.3 Å². The van der Waals surface area contributed by atoms with Crippen LogP contribution in [-0.2, 0) is 18.4 Å². The second kappa shape index (κ2) is 8.11. The molecule has 3 aromatic carbocycles. The zero-order valence-electron chi connectivity index (χ0n) is 17.5. The molecule has 0 fully saturated rings. The van der Waals surface area contributed by atoms with E-state index in [4.69, 9.17) is 4.98 Å². The molecule has 0 saturated carbocycles. The lowest BCUT2D eigenvalue weighted by Crippen LogP contribution is -2.36. The predicted octanol–water partition coefficient (Wildman–Crippen LogP) is 3.19. The summed E-state index contributed by atoms with van der Waals surface area (Å²) in [7, 11) is 1.94. The van der Waals surface area contributed by atoms with E-state index in [-0.39, 0.29) is 18.0 Å². The topological polar surface area (TPSA) is 81.8 Å². The minimum Gasteiger partial charge on any atom is -0.341 e. The molecule has 2 aromatic heterocycles. The van der Waals surface area contributed by atoms with Crippen molar-refractivity contribution in [2.75, 3.05) is 0 Å². The van der Waals surface area contributed by atoms with Gasteiger partial charge in [-0.05, 0) is 29.8 Å². The van der Waals surface area contributed by atoms with Gasteiger partial charge in [0.05, 0.1) is 28.3 Å². The van der Waals surface area contributed by atoms with Gasteiger partial charge in [-0.15, -0.1) is 0 Å². The monoisotopic (exact) mass is 423 g/mol. The molecule has 0 aliphatic carbocycles. The first kappa shape index (κ1) is 19.7. The van der Waals surface area contributed by atoms with Crippen molar-refractivity contribution in [2.45, 2.75) is 12.6 Å². The highest BCUT2D eigenvalue weighted by Gasteiger charge is 2.23. The lowest BCUT2D eigenvalue weighted by atomic mass is 10.1. The smallest absolute Gasteiger partial charge is 0.269 e. The molecule has 0 aliphatic rings. The van der Waals surface area contributed by atoms with E-state index in [0.29, 0.717) is 11.0 Å². The number of para-hydroxylation sites is 4. The Bertz CT molecular complexity index is 1490. The van der Waals surface area contributed by atoms with Gasteiger partial charge in [-0.25, -0.2) is 9.97 Å². The van der Waals surface area contributed by atoms with Gasteiger partial charge in [0.25, 0.3) is 5.56 Å². The maximum atomic E-state index is 13.2. The van der Waals surface area contributed by atoms with Crippen LogP contribution in [0.1, 0.15) is 17.4 Å². The summed E-state index contributed by atoms with van der Waals surface area (Å²) in [5.74, 6) is 0.432. The van der Waals surface area contributed by atoms with Gasteiger partial charge in [-0.2, -0.15) is 0 Å². The number of hydrogen-bond acceptors (Lipinski definition) is 4. The molecular formula is C25H21N5O2. The van der Waals surface area contributed by atoms with Crippen LogP contribution in [-0.4, -0.2) is 25.0 Å². The van der Waals surface area contributed by atoms with Crippen molar-refractivity contribution in [3.63, 3.8) is 0 Å². The molecule has 0 aliphatic heterocycles. The summed E-state index contributed by atoms with van der Waals surface area (Å²) in [6, 6.07) is 24.4. The number of imidazole rings is 1. The molecule has 1 unspecified atom stereocenters. The highest BCUT2D eigenvalue weighted by molar-refractivity contribution is 5.81. The SMILES string of the molecule is Cn1c(C(NC(=O)Cn2c(=O)cnc3ccccc32)c2ccccc2)nc2ccccc21. The van der Waals surface area contributed by atoms with Crippen LogP contribution in [0.15, 0.2) is 89.9 Å². The van der Waals surface area contributed by atoms with Gasteiger partial charge in [0.2, 0.25) is 5.91 Å². The second-order valence-corrected chi connectivity index (χ2v) is 7.60. The van der Waals surface area contributed by atoms with Gasteiger partial charge in [-0.3, -0.25) is 14.2 Å². The Hall–Kier alpha value is -4.26. The molecule has 5 rings (SSSR count). The van der Waals surface area contributed by atoms with Gasteiger partial charge < -0.3 is 9.88 Å². The lowest BCUT2D eigenvalue weighted by Gasteiger charge is -2.20. The number of aromatic nitrogens is 4. The first-order chi connectivity index (χ1) is 15.6. The number of benzene rings is 3. The normalized spacial score (nSPS) is 12.2. The Morgan fingerprint density at radius 2 is 1.56 bits per heavy atom. The summed E-state index contributed by atoms with van der Waals surface area (Å²) >= 11 is 0. The largest absolute Gasteiger partial charge is 0.341 e. The molecule has 0 spiro atoms. The molecule has 32 heavy (non-hydrogen) atoms. The number of hydrogen-bond donors (Lipinski definition) is 1. The zero-order valence-corrected chi connectivity index (χ0v) is 17.5. The van der Waals surface area contributed by atoms with Crippen molar-refractivity contribution < 1.29 is 4.79 Å². The van der Waals surface area contributed by atoms with Crippen LogP contribution in [0.5, 0.6) is 0 Å². The molecule has 7 heteroatoms. The van der Waals surface area contributed by atoms with E-state index in [1.165, 1.54) is 10.8 Å². The van der Waals surface area contributed by atoms with Crippen LogP contribution >= 0.6 is 0 Å². The van der Waals surface area contributed by atoms with E-state index in [1.807, 2.05) is 84.4 Å². The Kier molecular flexibility index (Phi) is 4.99. The summed E-state index contributed by atoms with van der Waals surface area (Å²) in [6.45, 7) is -0.116. The predicted molar refractivity (Wildman–Crippen MR) is 123 cm³/mol. The van der Waals surface area contributed by atoms with E-state index in [1.54, 1.807) is 6.07 Å². The number of carbonyl (C=O) groups is 1. The van der Waals surface area contributed by atoms with Gasteiger partial charge in [0.1, 0.15) is 18.4 Å². The minimum absolute atomic E-state index is 0.116. The van der Waals surface area contributed by atoms with Crippen LogP contribution in [0, 0.1) is 0 Å². The number of nitrogens with zero attached hydrogens (tertiary/aromatic N) is 4. The van der Waals surface area contributed by atoms with Crippen molar-refractivity contribution in [1.82, 2.24) is 24.4 Å². The van der Waals surface area contributed by atoms with Crippen molar-refractivity contribution in [2.24, 2.45) is 7.05 Å². The highest BCUT2D eigenvalue weighted by atomic mass is 16.2. The zero-order chi connectivity index (χ0) is 22.1. The fraction of sp³-hybridized carbons (Fsp3) is 0.120. The van der Waals surface area contributed by atoms with Crippen molar-refractivity contribution in [1.29, 1.82) is 0 Å². The molecule has 158 valence electrons. The molecule has 0 saturated heterocycles. The Morgan fingerprint density at radius 3 is 2.31 bits per heavy atom. The van der Waals surface area contributed by atoms with Crippen molar-refractivity contribution >= 4 is 28.0 Å². The van der Waals surface area contributed by atoms with Crippen LogP contribution < -0.4 is 10.9 Å². The fourth-order valence-electron chi connectivity index (χ4n) is 3.99. The van der Waals surface area contributed by atoms with Gasteiger partial charge in [-0.1, -0.05) is 54.6 Å². The number of nitrogens with one attached hydrogen (secondary N) is 1. The Morgan fingerprint density at radius 1 is 0.906 bits per heavy atom. The first-order valence-electron chi connectivity index (χ1n) is 10.3. The molecule has 2 heterocycles. The molecule has 0 radical (unpaired) electrons. The molecular weight excluding hydrogens is 402 g/mol. The number of rotatable bonds is 5. The molecule has 0 bridgehead atoms. The van der Waals surface area contributed by atoms with Gasteiger partial charge in [0.15, 0.2) is 0 Å². The molecule has 7 nitrogen and oxygen atoms in total. The maximum absolute atomic E-state index is 13.2. The van der Waals surface area contributed by atoms with E-state index >= 15 is 0 Å². The maximum Gasteiger partial charge on any atom is 0.269 e. The van der Waals surface area contributed by atoms with Crippen molar-refractivity contribution in [3.05, 3.63) is 107 Å². The summed E-state index contributed by atoms with van der Waals surface area (Å²) in [6.07, 6.45) is 1.25. The second-order valence-electron chi connectivity index (χ2n) is 7.60. The first-order valence-corrected chi connectivity index (χ1v) is 10.3. The quantitative estimate of drug-likeness (QED) is 0.471. The number of amides is 1. The molecule has 1 atom stereocenters. The van der Waals surface area contributed by atoms with E-state index in [9.17, 15) is 9.59 Å². The third-order valence-corrected chi connectivity index (χ3v) is 5.57. The third kappa shape index (κ3) is 3.54. The number of carbonyl (C=O) groups excluding carboxylic acids is 1. The number of aryl methyl sites for hydroxylation is 1. The van der Waals surface area contributed by atoms with Crippen LogP contribution in [0.3, 0.4) is 0 Å². The summed E-state index contributed by atoms with van der Waals surface area (Å²) in [4.78, 5) is 34.6. The Labute approximate surface area is 184 Å². The van der Waals surface area contributed by atoms with E-state index < -0.39 is 6.04 Å². The highest BCUT2D eigenvalue weighted by Crippen LogP contribution is 2.25. The van der Waals surface area contributed by atoms with Crippen LogP contribution in [0.2, 0.25) is 0 Å². The molecule has 1 N–H and O–H groups in total. The van der Waals surface area contributed by atoms with E-state index in [0.717, 1.165) is 22.4 Å². The summed E-state index contributed by atoms with van der Waals surface area (Å²) in [5, 5.41) is 3.09. The number of fused-ring (bicyclic) bond motifs is 2. The Balaban J connectivity index is 1.53. The molecule has 1 amide bonds. The van der Waals surface area contributed by atoms with Gasteiger partial charge in [0, 0.05) is 7.05 Å². The average molecular weight is 423 g/mol. The fourth-order valence-corrected chi connectivity index (χ4v) is 3.99. The average Bonchev–Trinajstić information content (AvgIpc) is 3.16. The van der Waals surface area contributed by atoms with Crippen LogP contribution in [0.25, 0.3) is 22.1 Å². The summed E-state index contributed by atoms with van der Waals surface area (Å²) < 4.78 is 3.43. The minimum atomic E-state index is -0.468. The lowest BCUT2D eigenvalue weighted by molar-refractivity contribution is -0.122. The third-order valence-electron chi connectivity index (χ3n) is 5.57. The van der Waals surface area contributed by atoms with Gasteiger partial charge >= 0.3 is 0 Å². The summed E-state index contributed by atoms with van der Waals surface area (Å²) in [5.41, 5.74) is 3.71. The standard InChI is InChI=1S/C25H21N5O2/c1-29-20-13-7-6-12-19(20)27-25(29)24(17-9-3-2-4-10-17)28-22(31)16-30-21-14-8-5-11-18(21)26-15-23(30)32/h2-15,24H,16H2,1H3,(H,28,31). The molecule has 5 aromatic rings. The van der Waals surface area contributed by atoms with Crippen molar-refractivity contribution in [3.8, 4) is 0 Å². The van der Waals surface area contributed by atoms with Crippen LogP contribution in [0.4, 0.5) is 0 Å².